The van der Waals surface area contributed by atoms with Gasteiger partial charge in [-0.25, -0.2) is 4.99 Å². The number of nitrogens with one attached hydrogen (secondary N) is 1. The monoisotopic (exact) mass is 448 g/mol. The Labute approximate surface area is 188 Å². The van der Waals surface area contributed by atoms with E-state index in [0.717, 1.165) is 22.1 Å². The molecule has 1 fully saturated rings. The molecule has 8 heteroatoms. The van der Waals surface area contributed by atoms with Crippen LogP contribution in [0.4, 0.5) is 5.69 Å². The van der Waals surface area contributed by atoms with E-state index in [1.54, 1.807) is 44.6 Å². The van der Waals surface area contributed by atoms with Crippen molar-refractivity contribution in [2.75, 3.05) is 14.2 Å². The van der Waals surface area contributed by atoms with E-state index in [4.69, 9.17) is 14.6 Å². The average molecular weight is 449 g/mol. The fraction of sp³-hybridized carbons (Fsp3) is 0.125. The van der Waals surface area contributed by atoms with Crippen molar-refractivity contribution in [3.63, 3.8) is 0 Å². The zero-order chi connectivity index (χ0) is 22.7. The predicted molar refractivity (Wildman–Crippen MR) is 126 cm³/mol. The third-order valence-electron chi connectivity index (χ3n) is 4.87. The van der Waals surface area contributed by atoms with Crippen LogP contribution in [0.5, 0.6) is 11.5 Å². The summed E-state index contributed by atoms with van der Waals surface area (Å²) < 4.78 is 11.0. The molecule has 0 saturated carbocycles. The predicted octanol–water partition coefficient (Wildman–Crippen LogP) is 4.38. The van der Waals surface area contributed by atoms with Gasteiger partial charge in [-0.05, 0) is 59.1 Å². The first-order valence-corrected chi connectivity index (χ1v) is 10.5. The van der Waals surface area contributed by atoms with Crippen LogP contribution in [-0.4, -0.2) is 36.4 Å². The highest BCUT2D eigenvalue weighted by Crippen LogP contribution is 2.35. The zero-order valence-corrected chi connectivity index (χ0v) is 18.2. The third kappa shape index (κ3) is 4.60. The number of carbonyl (C=O) groups excluding carboxylic acids is 1. The number of carbonyl (C=O) groups is 2. The van der Waals surface area contributed by atoms with Gasteiger partial charge in [-0.1, -0.05) is 24.3 Å². The second-order valence-electron chi connectivity index (χ2n) is 6.99. The molecular weight excluding hydrogens is 428 g/mol. The quantitative estimate of drug-likeness (QED) is 0.544. The molecule has 3 aromatic carbocycles. The highest BCUT2D eigenvalue weighted by molar-refractivity contribution is 8.18. The maximum atomic E-state index is 12.5. The van der Waals surface area contributed by atoms with Crippen LogP contribution in [0.15, 0.2) is 64.5 Å². The van der Waals surface area contributed by atoms with Crippen molar-refractivity contribution in [2.24, 2.45) is 4.99 Å². The standard InChI is InChI=1S/C24H20N2O5S/c1-30-19-5-3-4-15-12-20(31-2)16(11-18(15)19)13-21-23(29)26-24(32-21)25-17-8-6-14(7-9-17)10-22(27)28/h3-9,11-13H,10H2,1-2H3,(H,27,28)(H,25,26,29). The van der Waals surface area contributed by atoms with Crippen LogP contribution in [0.1, 0.15) is 11.1 Å². The first-order chi connectivity index (χ1) is 15.5. The van der Waals surface area contributed by atoms with Gasteiger partial charge in [0.05, 0.1) is 31.2 Å². The number of carboxylic acids is 1. The van der Waals surface area contributed by atoms with E-state index in [2.05, 4.69) is 10.3 Å². The molecule has 0 unspecified atom stereocenters. The number of benzene rings is 3. The summed E-state index contributed by atoms with van der Waals surface area (Å²) in [7, 11) is 3.21. The Morgan fingerprint density at radius 3 is 2.53 bits per heavy atom. The van der Waals surface area contributed by atoms with Crippen molar-refractivity contribution in [3.8, 4) is 11.5 Å². The summed E-state index contributed by atoms with van der Waals surface area (Å²) >= 11 is 1.23. The van der Waals surface area contributed by atoms with E-state index in [1.165, 1.54) is 11.8 Å². The van der Waals surface area contributed by atoms with Gasteiger partial charge in [0.25, 0.3) is 5.91 Å². The number of aliphatic imine (C=N–C) groups is 1. The number of rotatable bonds is 6. The molecule has 32 heavy (non-hydrogen) atoms. The summed E-state index contributed by atoms with van der Waals surface area (Å²) in [6.07, 6.45) is 1.72. The van der Waals surface area contributed by atoms with Crippen molar-refractivity contribution < 1.29 is 24.2 Å². The maximum Gasteiger partial charge on any atom is 0.307 e. The first kappa shape index (κ1) is 21.5. The number of nitrogens with zero attached hydrogens (tertiary/aromatic N) is 1. The molecule has 0 bridgehead atoms. The Bertz CT molecular complexity index is 1270. The molecule has 2 N–H and O–H groups in total. The topological polar surface area (TPSA) is 97.2 Å². The van der Waals surface area contributed by atoms with Crippen LogP contribution in [0.3, 0.4) is 0 Å². The number of ether oxygens (including phenoxy) is 2. The molecule has 0 radical (unpaired) electrons. The summed E-state index contributed by atoms with van der Waals surface area (Å²) in [5.41, 5.74) is 2.06. The SMILES string of the molecule is COc1cc2cccc(OC)c2cc1C=C1SC(=Nc2ccc(CC(=O)O)cc2)NC1=O. The normalized spacial score (nSPS) is 15.9. The summed E-state index contributed by atoms with van der Waals surface area (Å²) in [5, 5.41) is 14.0. The lowest BCUT2D eigenvalue weighted by molar-refractivity contribution is -0.136. The van der Waals surface area contributed by atoms with Crippen LogP contribution >= 0.6 is 11.8 Å². The van der Waals surface area contributed by atoms with Crippen LogP contribution in [-0.2, 0) is 16.0 Å². The van der Waals surface area contributed by atoms with Gasteiger partial charge in [-0.2, -0.15) is 0 Å². The number of methoxy groups -OCH3 is 2. The number of thioether (sulfide) groups is 1. The van der Waals surface area contributed by atoms with E-state index in [-0.39, 0.29) is 12.3 Å². The van der Waals surface area contributed by atoms with Crippen LogP contribution < -0.4 is 14.8 Å². The van der Waals surface area contributed by atoms with Gasteiger partial charge in [0, 0.05) is 10.9 Å². The largest absolute Gasteiger partial charge is 0.496 e. The molecule has 162 valence electrons. The lowest BCUT2D eigenvalue weighted by Gasteiger charge is -2.10. The Morgan fingerprint density at radius 1 is 1.09 bits per heavy atom. The number of amidine groups is 1. The van der Waals surface area contributed by atoms with E-state index < -0.39 is 5.97 Å². The smallest absolute Gasteiger partial charge is 0.307 e. The zero-order valence-electron chi connectivity index (χ0n) is 17.4. The number of fused-ring (bicyclic) bond motifs is 1. The number of hydrogen-bond acceptors (Lipinski definition) is 6. The van der Waals surface area contributed by atoms with E-state index >= 15 is 0 Å². The molecule has 0 spiro atoms. The molecular formula is C24H20N2O5S. The molecule has 0 atom stereocenters. The molecule has 3 aromatic rings. The third-order valence-corrected chi connectivity index (χ3v) is 5.78. The molecule has 1 aliphatic rings. The fourth-order valence-electron chi connectivity index (χ4n) is 3.36. The van der Waals surface area contributed by atoms with Gasteiger partial charge in [-0.3, -0.25) is 9.59 Å². The number of hydrogen-bond donors (Lipinski definition) is 2. The number of carboxylic acid groups (broad SMARTS) is 1. The van der Waals surface area contributed by atoms with Crippen LogP contribution in [0.2, 0.25) is 0 Å². The average Bonchev–Trinajstić information content (AvgIpc) is 3.12. The minimum Gasteiger partial charge on any atom is -0.496 e. The van der Waals surface area contributed by atoms with Crippen molar-refractivity contribution in [3.05, 3.63) is 70.6 Å². The molecule has 0 aliphatic carbocycles. The van der Waals surface area contributed by atoms with Crippen molar-refractivity contribution in [2.45, 2.75) is 6.42 Å². The van der Waals surface area contributed by atoms with Crippen molar-refractivity contribution in [1.29, 1.82) is 0 Å². The molecule has 1 saturated heterocycles. The lowest BCUT2D eigenvalue weighted by atomic mass is 10.0. The summed E-state index contributed by atoms with van der Waals surface area (Å²) in [6, 6.07) is 16.5. The second kappa shape index (κ2) is 9.15. The molecule has 1 amide bonds. The van der Waals surface area contributed by atoms with Gasteiger partial charge in [0.1, 0.15) is 11.5 Å². The minimum atomic E-state index is -0.890. The molecule has 1 aliphatic heterocycles. The van der Waals surface area contributed by atoms with Crippen molar-refractivity contribution >= 4 is 51.3 Å². The summed E-state index contributed by atoms with van der Waals surface area (Å²) in [4.78, 5) is 28.3. The number of amides is 1. The lowest BCUT2D eigenvalue weighted by Crippen LogP contribution is -2.19. The molecule has 4 rings (SSSR count). The van der Waals surface area contributed by atoms with Gasteiger partial charge in [-0.15, -0.1) is 0 Å². The number of aliphatic carboxylic acids is 1. The van der Waals surface area contributed by atoms with E-state index in [1.807, 2.05) is 30.3 Å². The fourth-order valence-corrected chi connectivity index (χ4v) is 4.19. The summed E-state index contributed by atoms with van der Waals surface area (Å²) in [6.45, 7) is 0. The van der Waals surface area contributed by atoms with Crippen LogP contribution in [0.25, 0.3) is 16.8 Å². The summed E-state index contributed by atoms with van der Waals surface area (Å²) in [5.74, 6) is 0.241. The van der Waals surface area contributed by atoms with E-state index in [9.17, 15) is 9.59 Å². The maximum absolute atomic E-state index is 12.5. The van der Waals surface area contributed by atoms with Gasteiger partial charge in [0.15, 0.2) is 5.17 Å². The van der Waals surface area contributed by atoms with Gasteiger partial charge < -0.3 is 19.9 Å². The second-order valence-corrected chi connectivity index (χ2v) is 8.02. The van der Waals surface area contributed by atoms with Crippen LogP contribution in [0, 0.1) is 0 Å². The Kier molecular flexibility index (Phi) is 6.13. The molecule has 1 heterocycles. The Balaban J connectivity index is 1.62. The Morgan fingerprint density at radius 2 is 1.84 bits per heavy atom. The highest BCUT2D eigenvalue weighted by Gasteiger charge is 2.24. The van der Waals surface area contributed by atoms with Gasteiger partial charge >= 0.3 is 5.97 Å². The Hall–Kier alpha value is -3.78. The van der Waals surface area contributed by atoms with E-state index in [0.29, 0.717) is 27.1 Å². The first-order valence-electron chi connectivity index (χ1n) is 9.72. The van der Waals surface area contributed by atoms with Gasteiger partial charge in [0.2, 0.25) is 0 Å². The molecule has 0 aromatic heterocycles. The minimum absolute atomic E-state index is 0.0480. The van der Waals surface area contributed by atoms with Crippen molar-refractivity contribution in [1.82, 2.24) is 5.32 Å². The highest BCUT2D eigenvalue weighted by atomic mass is 32.2. The molecule has 7 nitrogen and oxygen atoms in total.